The lowest BCUT2D eigenvalue weighted by Crippen LogP contribution is -2.35. The van der Waals surface area contributed by atoms with Crippen LogP contribution in [0.4, 0.5) is 5.95 Å². The van der Waals surface area contributed by atoms with Gasteiger partial charge in [0.2, 0.25) is 5.95 Å². The number of aromatic nitrogens is 5. The minimum Gasteiger partial charge on any atom is -0.394 e. The Kier molecular flexibility index (Phi) is 4.96. The standard InChI is InChI=1S/C20H21N7O2/c1-13(12-28)23-19(29)17-7-15(11-27-18(17)24-20(21)25-27)16-8-22-26(10-16)9-14-5-3-2-4-6-14/h2-8,10-11,13,28H,9,12H2,1H3,(H2,21,25)(H,23,29)/t13-/m0/s1. The summed E-state index contributed by atoms with van der Waals surface area (Å²) in [4.78, 5) is 16.9. The van der Waals surface area contributed by atoms with Gasteiger partial charge in [-0.15, -0.1) is 5.10 Å². The van der Waals surface area contributed by atoms with Gasteiger partial charge in [0.05, 0.1) is 24.9 Å². The van der Waals surface area contributed by atoms with Crippen molar-refractivity contribution in [2.45, 2.75) is 19.5 Å². The quantitative estimate of drug-likeness (QED) is 0.456. The van der Waals surface area contributed by atoms with Crippen molar-refractivity contribution in [1.29, 1.82) is 0 Å². The number of hydrogen-bond acceptors (Lipinski definition) is 6. The number of carbonyl (C=O) groups excluding carboxylic acids is 1. The van der Waals surface area contributed by atoms with Gasteiger partial charge in [0.1, 0.15) is 0 Å². The van der Waals surface area contributed by atoms with Gasteiger partial charge in [-0.1, -0.05) is 30.3 Å². The normalized spacial score (nSPS) is 12.2. The number of benzene rings is 1. The molecule has 0 aliphatic rings. The molecule has 29 heavy (non-hydrogen) atoms. The predicted octanol–water partition coefficient (Wildman–Crippen LogP) is 1.33. The average Bonchev–Trinajstić information content (AvgIpc) is 3.33. The highest BCUT2D eigenvalue weighted by Crippen LogP contribution is 2.23. The van der Waals surface area contributed by atoms with Crippen molar-refractivity contribution in [2.75, 3.05) is 12.3 Å². The van der Waals surface area contributed by atoms with Crippen molar-refractivity contribution < 1.29 is 9.90 Å². The number of nitrogens with one attached hydrogen (secondary N) is 1. The Bertz CT molecular complexity index is 1150. The molecule has 1 atom stereocenters. The first-order valence-electron chi connectivity index (χ1n) is 9.18. The van der Waals surface area contributed by atoms with Crippen LogP contribution in [-0.4, -0.2) is 48.0 Å². The Morgan fingerprint density at radius 1 is 1.24 bits per heavy atom. The molecular formula is C20H21N7O2. The Balaban J connectivity index is 1.70. The molecule has 0 unspecified atom stereocenters. The molecule has 3 aromatic heterocycles. The third-order valence-corrected chi connectivity index (χ3v) is 4.50. The number of carbonyl (C=O) groups is 1. The molecule has 1 amide bonds. The lowest BCUT2D eigenvalue weighted by molar-refractivity contribution is 0.0923. The number of fused-ring (bicyclic) bond motifs is 1. The first-order chi connectivity index (χ1) is 14.0. The second kappa shape index (κ2) is 7.72. The summed E-state index contributed by atoms with van der Waals surface area (Å²) in [6, 6.07) is 11.4. The van der Waals surface area contributed by atoms with E-state index < -0.39 is 0 Å². The zero-order chi connectivity index (χ0) is 20.4. The number of pyridine rings is 1. The highest BCUT2D eigenvalue weighted by atomic mass is 16.3. The molecule has 0 aliphatic heterocycles. The summed E-state index contributed by atoms with van der Waals surface area (Å²) in [5.41, 5.74) is 9.14. The summed E-state index contributed by atoms with van der Waals surface area (Å²) in [5, 5.41) is 20.5. The fourth-order valence-electron chi connectivity index (χ4n) is 3.04. The van der Waals surface area contributed by atoms with Crippen molar-refractivity contribution >= 4 is 17.5 Å². The van der Waals surface area contributed by atoms with Crippen LogP contribution in [0.25, 0.3) is 16.8 Å². The van der Waals surface area contributed by atoms with Crippen LogP contribution in [0, 0.1) is 0 Å². The SMILES string of the molecule is C[C@@H](CO)NC(=O)c1cc(-c2cnn(Cc3ccccc3)c2)cn2nc(N)nc12. The maximum atomic E-state index is 12.7. The topological polar surface area (TPSA) is 123 Å². The van der Waals surface area contributed by atoms with Crippen LogP contribution in [0.3, 0.4) is 0 Å². The highest BCUT2D eigenvalue weighted by Gasteiger charge is 2.18. The third kappa shape index (κ3) is 3.94. The molecule has 0 aliphatic carbocycles. The number of nitrogen functional groups attached to an aromatic ring is 1. The minimum atomic E-state index is -0.389. The molecule has 4 rings (SSSR count). The average molecular weight is 391 g/mol. The Morgan fingerprint density at radius 3 is 2.79 bits per heavy atom. The van der Waals surface area contributed by atoms with Gasteiger partial charge in [-0.2, -0.15) is 10.1 Å². The van der Waals surface area contributed by atoms with E-state index in [0.717, 1.165) is 16.7 Å². The number of hydrogen-bond donors (Lipinski definition) is 3. The third-order valence-electron chi connectivity index (χ3n) is 4.50. The van der Waals surface area contributed by atoms with E-state index in [4.69, 9.17) is 5.73 Å². The smallest absolute Gasteiger partial charge is 0.255 e. The van der Waals surface area contributed by atoms with E-state index in [0.29, 0.717) is 17.8 Å². The number of nitrogens with zero attached hydrogens (tertiary/aromatic N) is 5. The molecule has 0 radical (unpaired) electrons. The molecule has 148 valence electrons. The van der Waals surface area contributed by atoms with E-state index in [1.54, 1.807) is 25.4 Å². The first kappa shape index (κ1) is 18.6. The predicted molar refractivity (Wildman–Crippen MR) is 108 cm³/mol. The summed E-state index contributed by atoms with van der Waals surface area (Å²) in [5.74, 6) is -0.284. The molecule has 9 heteroatoms. The van der Waals surface area contributed by atoms with Crippen molar-refractivity contribution in [3.05, 3.63) is 66.1 Å². The van der Waals surface area contributed by atoms with Crippen LogP contribution in [-0.2, 0) is 6.54 Å². The number of anilines is 1. The van der Waals surface area contributed by atoms with Gasteiger partial charge < -0.3 is 16.2 Å². The van der Waals surface area contributed by atoms with E-state index in [1.807, 2.05) is 41.2 Å². The maximum absolute atomic E-state index is 12.7. The van der Waals surface area contributed by atoms with Gasteiger partial charge in [-0.3, -0.25) is 9.48 Å². The highest BCUT2D eigenvalue weighted by molar-refractivity contribution is 6.01. The molecule has 3 heterocycles. The summed E-state index contributed by atoms with van der Waals surface area (Å²) in [6.07, 6.45) is 5.41. The van der Waals surface area contributed by atoms with Crippen LogP contribution in [0.5, 0.6) is 0 Å². The van der Waals surface area contributed by atoms with Crippen LogP contribution in [0.15, 0.2) is 55.0 Å². The molecule has 1 aromatic carbocycles. The lowest BCUT2D eigenvalue weighted by atomic mass is 10.1. The van der Waals surface area contributed by atoms with E-state index in [9.17, 15) is 9.90 Å². The zero-order valence-electron chi connectivity index (χ0n) is 15.9. The van der Waals surface area contributed by atoms with Crippen molar-refractivity contribution in [1.82, 2.24) is 29.7 Å². The molecule has 4 N–H and O–H groups in total. The van der Waals surface area contributed by atoms with Crippen LogP contribution < -0.4 is 11.1 Å². The van der Waals surface area contributed by atoms with Gasteiger partial charge in [-0.05, 0) is 18.6 Å². The zero-order valence-corrected chi connectivity index (χ0v) is 15.9. The second-order valence-electron chi connectivity index (χ2n) is 6.85. The summed E-state index contributed by atoms with van der Waals surface area (Å²) < 4.78 is 3.32. The van der Waals surface area contributed by atoms with Crippen LogP contribution >= 0.6 is 0 Å². The first-order valence-corrected chi connectivity index (χ1v) is 9.18. The monoisotopic (exact) mass is 391 g/mol. The molecule has 0 fully saturated rings. The Morgan fingerprint density at radius 2 is 2.03 bits per heavy atom. The molecular weight excluding hydrogens is 370 g/mol. The van der Waals surface area contributed by atoms with Crippen molar-refractivity contribution in [2.24, 2.45) is 0 Å². The fraction of sp³-hybridized carbons (Fsp3) is 0.200. The number of nitrogens with two attached hydrogens (primary N) is 1. The fourth-order valence-corrected chi connectivity index (χ4v) is 3.04. The van der Waals surface area contributed by atoms with Gasteiger partial charge in [-0.25, -0.2) is 4.52 Å². The molecule has 0 spiro atoms. The van der Waals surface area contributed by atoms with Crippen LogP contribution in [0.1, 0.15) is 22.8 Å². The van der Waals surface area contributed by atoms with Gasteiger partial charge in [0.15, 0.2) is 5.65 Å². The van der Waals surface area contributed by atoms with E-state index in [-0.39, 0.29) is 24.5 Å². The molecule has 0 saturated heterocycles. The van der Waals surface area contributed by atoms with E-state index in [2.05, 4.69) is 20.5 Å². The van der Waals surface area contributed by atoms with E-state index in [1.165, 1.54) is 4.52 Å². The summed E-state index contributed by atoms with van der Waals surface area (Å²) in [6.45, 7) is 2.19. The van der Waals surface area contributed by atoms with Crippen molar-refractivity contribution in [3.63, 3.8) is 0 Å². The molecule has 9 nitrogen and oxygen atoms in total. The van der Waals surface area contributed by atoms with Gasteiger partial charge in [0.25, 0.3) is 5.91 Å². The number of aliphatic hydroxyl groups is 1. The lowest BCUT2D eigenvalue weighted by Gasteiger charge is -2.12. The minimum absolute atomic E-state index is 0.0752. The van der Waals surface area contributed by atoms with E-state index >= 15 is 0 Å². The van der Waals surface area contributed by atoms with Crippen molar-refractivity contribution in [3.8, 4) is 11.1 Å². The van der Waals surface area contributed by atoms with Gasteiger partial charge in [0, 0.05) is 29.6 Å². The summed E-state index contributed by atoms with van der Waals surface area (Å²) >= 11 is 0. The largest absolute Gasteiger partial charge is 0.394 e. The Hall–Kier alpha value is -3.72. The number of rotatable bonds is 6. The second-order valence-corrected chi connectivity index (χ2v) is 6.85. The summed E-state index contributed by atoms with van der Waals surface area (Å²) in [7, 11) is 0. The number of amides is 1. The maximum Gasteiger partial charge on any atom is 0.255 e. The Labute approximate surface area is 166 Å². The molecule has 4 aromatic rings. The van der Waals surface area contributed by atoms with Gasteiger partial charge >= 0.3 is 0 Å². The molecule has 0 saturated carbocycles. The molecule has 0 bridgehead atoms. The van der Waals surface area contributed by atoms with Crippen LogP contribution in [0.2, 0.25) is 0 Å². The number of aliphatic hydroxyl groups excluding tert-OH is 1.